The molecule has 0 aliphatic carbocycles. The summed E-state index contributed by atoms with van der Waals surface area (Å²) in [5.74, 6) is -0.602. The summed E-state index contributed by atoms with van der Waals surface area (Å²) in [4.78, 5) is 10.8. The average Bonchev–Trinajstić information content (AvgIpc) is 2.98. The number of carbonyl (C=O) groups is 1. The summed E-state index contributed by atoms with van der Waals surface area (Å²) in [6.07, 6.45) is -4.68. The number of hydrogen-bond acceptors (Lipinski definition) is 5. The molecular weight excluding hydrogens is 363 g/mol. The Kier molecular flexibility index (Phi) is 5.78. The van der Waals surface area contributed by atoms with Gasteiger partial charge in [0, 0.05) is 12.5 Å². The van der Waals surface area contributed by atoms with E-state index in [-0.39, 0.29) is 11.7 Å². The number of alkyl halides is 3. The number of nitrogens with two attached hydrogens (primary N) is 1. The Morgan fingerprint density at radius 2 is 2.00 bits per heavy atom. The fraction of sp³-hybridized carbons (Fsp3) is 0.500. The Bertz CT molecular complexity index is 701. The number of primary amides is 1. The van der Waals surface area contributed by atoms with E-state index >= 15 is 0 Å². The monoisotopic (exact) mass is 381 g/mol. The zero-order chi connectivity index (χ0) is 18.7. The van der Waals surface area contributed by atoms with Crippen molar-refractivity contribution in [3.05, 3.63) is 29.8 Å². The number of nitrogens with one attached hydrogen (secondary N) is 2. The van der Waals surface area contributed by atoms with Crippen molar-refractivity contribution < 1.29 is 31.1 Å². The summed E-state index contributed by atoms with van der Waals surface area (Å²) in [6.45, 7) is 1.16. The number of carbonyl (C=O) groups excluding carboxylic acids is 1. The predicted molar refractivity (Wildman–Crippen MR) is 83.3 cm³/mol. The Hall–Kier alpha value is -2.01. The molecule has 1 aliphatic heterocycles. The van der Waals surface area contributed by atoms with Crippen LogP contribution in [0.1, 0.15) is 12.0 Å². The van der Waals surface area contributed by atoms with Crippen LogP contribution in [0.3, 0.4) is 0 Å². The fourth-order valence-electron chi connectivity index (χ4n) is 2.57. The van der Waals surface area contributed by atoms with E-state index in [1.54, 1.807) is 4.72 Å². The highest BCUT2D eigenvalue weighted by atomic mass is 32.2. The van der Waals surface area contributed by atoms with Crippen molar-refractivity contribution in [2.75, 3.05) is 18.8 Å². The van der Waals surface area contributed by atoms with E-state index in [1.165, 1.54) is 0 Å². The van der Waals surface area contributed by atoms with Gasteiger partial charge in [-0.3, -0.25) is 0 Å². The van der Waals surface area contributed by atoms with Gasteiger partial charge in [-0.1, -0.05) is 0 Å². The van der Waals surface area contributed by atoms with Gasteiger partial charge in [0.15, 0.2) is 0 Å². The zero-order valence-electron chi connectivity index (χ0n) is 13.0. The van der Waals surface area contributed by atoms with Crippen LogP contribution in [0, 0.1) is 5.92 Å². The minimum Gasteiger partial charge on any atom is -0.489 e. The maximum absolute atomic E-state index is 12.6. The van der Waals surface area contributed by atoms with Gasteiger partial charge in [0.05, 0.1) is 5.56 Å². The van der Waals surface area contributed by atoms with Crippen LogP contribution in [0.5, 0.6) is 5.75 Å². The number of rotatable bonds is 6. The number of hydrogen-bond donors (Lipinski definition) is 3. The quantitative estimate of drug-likeness (QED) is 0.683. The van der Waals surface area contributed by atoms with E-state index in [0.29, 0.717) is 19.5 Å². The predicted octanol–water partition coefficient (Wildman–Crippen LogP) is 1.06. The molecule has 140 valence electrons. The molecule has 0 bridgehead atoms. The third-order valence-electron chi connectivity index (χ3n) is 3.73. The van der Waals surface area contributed by atoms with Crippen molar-refractivity contribution in [2.24, 2.45) is 11.7 Å². The van der Waals surface area contributed by atoms with Crippen LogP contribution in [-0.2, 0) is 16.2 Å². The molecule has 25 heavy (non-hydrogen) atoms. The molecular formula is C14H18F3N3O4S. The van der Waals surface area contributed by atoms with Gasteiger partial charge < -0.3 is 15.8 Å². The summed E-state index contributed by atoms with van der Waals surface area (Å²) >= 11 is 0. The summed E-state index contributed by atoms with van der Waals surface area (Å²) in [5, 5.41) is 3.06. The van der Waals surface area contributed by atoms with Crippen molar-refractivity contribution in [2.45, 2.75) is 18.7 Å². The Morgan fingerprint density at radius 3 is 2.48 bits per heavy atom. The highest BCUT2D eigenvalue weighted by Crippen LogP contribution is 2.31. The zero-order valence-corrected chi connectivity index (χ0v) is 13.9. The van der Waals surface area contributed by atoms with Gasteiger partial charge in [-0.15, -0.1) is 0 Å². The summed E-state index contributed by atoms with van der Waals surface area (Å²) in [7, 11) is -4.03. The first-order valence-corrected chi connectivity index (χ1v) is 9.06. The standard InChI is InChI=1S/C14H18F3N3O4S/c15-14(16,17)10-1-3-11(4-2-10)24-12(9-5-6-19-7-9)8-25(22,23)20-13(18)21/h1-4,9,12,19H,5-8H2,(H3,18,20,21)/t9-,12+/m0/s1. The smallest absolute Gasteiger partial charge is 0.416 e. The van der Waals surface area contributed by atoms with Gasteiger partial charge in [-0.05, 0) is 37.2 Å². The Labute approximate surface area is 142 Å². The van der Waals surface area contributed by atoms with Crippen molar-refractivity contribution in [3.63, 3.8) is 0 Å². The summed E-state index contributed by atoms with van der Waals surface area (Å²) in [5.41, 5.74) is 4.00. The van der Waals surface area contributed by atoms with E-state index in [0.717, 1.165) is 24.3 Å². The molecule has 7 nitrogen and oxygen atoms in total. The van der Waals surface area contributed by atoms with E-state index < -0.39 is 39.7 Å². The molecule has 2 atom stereocenters. The molecule has 1 aromatic rings. The van der Waals surface area contributed by atoms with Crippen LogP contribution >= 0.6 is 0 Å². The maximum Gasteiger partial charge on any atom is 0.416 e. The molecule has 1 saturated heterocycles. The molecule has 4 N–H and O–H groups in total. The largest absolute Gasteiger partial charge is 0.489 e. The third-order valence-corrected chi connectivity index (χ3v) is 5.01. The number of benzene rings is 1. The van der Waals surface area contributed by atoms with E-state index in [1.807, 2.05) is 0 Å². The topological polar surface area (TPSA) is 111 Å². The minimum absolute atomic E-state index is 0.110. The highest BCUT2D eigenvalue weighted by Gasteiger charge is 2.33. The number of halogens is 3. The van der Waals surface area contributed by atoms with E-state index in [2.05, 4.69) is 5.32 Å². The van der Waals surface area contributed by atoms with Gasteiger partial charge >= 0.3 is 12.2 Å². The number of urea groups is 1. The highest BCUT2D eigenvalue weighted by molar-refractivity contribution is 7.90. The molecule has 11 heteroatoms. The molecule has 2 rings (SSSR count). The lowest BCUT2D eigenvalue weighted by Gasteiger charge is -2.24. The van der Waals surface area contributed by atoms with Crippen LogP contribution in [0.4, 0.5) is 18.0 Å². The van der Waals surface area contributed by atoms with Crippen LogP contribution in [0.15, 0.2) is 24.3 Å². The maximum atomic E-state index is 12.6. The molecule has 1 aliphatic rings. The second kappa shape index (κ2) is 7.48. The first-order valence-electron chi connectivity index (χ1n) is 7.41. The summed E-state index contributed by atoms with van der Waals surface area (Å²) in [6, 6.07) is 2.77. The van der Waals surface area contributed by atoms with Crippen molar-refractivity contribution in [1.82, 2.24) is 10.0 Å². The molecule has 1 heterocycles. The van der Waals surface area contributed by atoms with Crippen molar-refractivity contribution in [1.29, 1.82) is 0 Å². The SMILES string of the molecule is NC(=O)NS(=O)(=O)C[C@@H](Oc1ccc(C(F)(F)F)cc1)[C@H]1CCNC1. The Morgan fingerprint density at radius 1 is 1.36 bits per heavy atom. The van der Waals surface area contributed by atoms with Crippen molar-refractivity contribution in [3.8, 4) is 5.75 Å². The third kappa shape index (κ3) is 5.78. The van der Waals surface area contributed by atoms with Gasteiger partial charge in [0.1, 0.15) is 17.6 Å². The molecule has 0 spiro atoms. The van der Waals surface area contributed by atoms with Crippen LogP contribution < -0.4 is 20.5 Å². The van der Waals surface area contributed by atoms with Crippen LogP contribution in [0.25, 0.3) is 0 Å². The lowest BCUT2D eigenvalue weighted by molar-refractivity contribution is -0.137. The number of ether oxygens (including phenoxy) is 1. The lowest BCUT2D eigenvalue weighted by atomic mass is 10.0. The molecule has 1 fully saturated rings. The molecule has 0 radical (unpaired) electrons. The molecule has 0 saturated carbocycles. The van der Waals surface area contributed by atoms with Gasteiger partial charge in [-0.2, -0.15) is 13.2 Å². The van der Waals surface area contributed by atoms with Crippen LogP contribution in [0.2, 0.25) is 0 Å². The lowest BCUT2D eigenvalue weighted by Crippen LogP contribution is -2.43. The normalized spacial score (nSPS) is 19.4. The fourth-order valence-corrected chi connectivity index (χ4v) is 3.73. The van der Waals surface area contributed by atoms with Gasteiger partial charge in [0.25, 0.3) is 0 Å². The second-order valence-electron chi connectivity index (χ2n) is 5.68. The van der Waals surface area contributed by atoms with Gasteiger partial charge in [0.2, 0.25) is 10.0 Å². The minimum atomic E-state index is -4.47. The second-order valence-corrected chi connectivity index (χ2v) is 7.45. The molecule has 1 aromatic carbocycles. The van der Waals surface area contributed by atoms with Crippen molar-refractivity contribution >= 4 is 16.1 Å². The number of amides is 2. The van der Waals surface area contributed by atoms with Gasteiger partial charge in [-0.25, -0.2) is 17.9 Å². The average molecular weight is 381 g/mol. The first-order chi connectivity index (χ1) is 11.6. The van der Waals surface area contributed by atoms with E-state index in [4.69, 9.17) is 10.5 Å². The van der Waals surface area contributed by atoms with E-state index in [9.17, 15) is 26.4 Å². The van der Waals surface area contributed by atoms with Crippen LogP contribution in [-0.4, -0.2) is 39.4 Å². The summed E-state index contributed by atoms with van der Waals surface area (Å²) < 4.78 is 68.9. The molecule has 2 amide bonds. The first kappa shape index (κ1) is 19.3. The molecule has 0 unspecified atom stereocenters. The molecule has 0 aromatic heterocycles. The number of sulfonamides is 1. The Balaban J connectivity index is 2.14.